The summed E-state index contributed by atoms with van der Waals surface area (Å²) in [5.41, 5.74) is 0. The van der Waals surface area contributed by atoms with Crippen LogP contribution in [0.3, 0.4) is 0 Å². The predicted molar refractivity (Wildman–Crippen MR) is 53.9 cm³/mol. The summed E-state index contributed by atoms with van der Waals surface area (Å²) in [6.45, 7) is 5.31. The first-order valence-corrected chi connectivity index (χ1v) is 5.32. The van der Waals surface area contributed by atoms with Crippen LogP contribution in [-0.2, 0) is 0 Å². The van der Waals surface area contributed by atoms with E-state index in [1.807, 2.05) is 6.92 Å². The van der Waals surface area contributed by atoms with E-state index in [0.717, 1.165) is 13.0 Å². The lowest BCUT2D eigenvalue weighted by Gasteiger charge is -2.44. The lowest BCUT2D eigenvalue weighted by atomic mass is 9.86. The SMILES string of the molecule is CCCN1C[C@H](O)[C@@H](O)C(C)[C@H]1CO. The summed E-state index contributed by atoms with van der Waals surface area (Å²) in [7, 11) is 0. The summed E-state index contributed by atoms with van der Waals surface area (Å²) in [6.07, 6.45) is -0.397. The van der Waals surface area contributed by atoms with Gasteiger partial charge in [-0.2, -0.15) is 0 Å². The standard InChI is InChI=1S/C10H21NO3/c1-3-4-11-5-9(13)10(14)7(2)8(11)6-12/h7-10,12-14H,3-6H2,1-2H3/t7?,8-,9+,10+/m1/s1. The molecule has 1 aliphatic rings. The summed E-state index contributed by atoms with van der Waals surface area (Å²) >= 11 is 0. The van der Waals surface area contributed by atoms with Crippen LogP contribution in [0.4, 0.5) is 0 Å². The van der Waals surface area contributed by atoms with Gasteiger partial charge in [0.1, 0.15) is 0 Å². The summed E-state index contributed by atoms with van der Waals surface area (Å²) in [5.74, 6) is -0.0738. The van der Waals surface area contributed by atoms with E-state index in [1.54, 1.807) is 0 Å². The van der Waals surface area contributed by atoms with Gasteiger partial charge in [0, 0.05) is 18.5 Å². The number of rotatable bonds is 3. The van der Waals surface area contributed by atoms with Gasteiger partial charge < -0.3 is 15.3 Å². The second-order valence-corrected chi connectivity index (χ2v) is 4.16. The molecule has 1 aliphatic heterocycles. The molecule has 1 saturated heterocycles. The molecule has 0 amide bonds. The number of piperidine rings is 1. The van der Waals surface area contributed by atoms with E-state index < -0.39 is 12.2 Å². The largest absolute Gasteiger partial charge is 0.395 e. The van der Waals surface area contributed by atoms with Crippen LogP contribution in [0, 0.1) is 5.92 Å². The maximum absolute atomic E-state index is 9.65. The topological polar surface area (TPSA) is 63.9 Å². The average Bonchev–Trinajstić information content (AvgIpc) is 2.16. The van der Waals surface area contributed by atoms with E-state index in [0.29, 0.717) is 6.54 Å². The van der Waals surface area contributed by atoms with E-state index in [4.69, 9.17) is 0 Å². The maximum atomic E-state index is 9.65. The maximum Gasteiger partial charge on any atom is 0.0928 e. The first kappa shape index (κ1) is 11.9. The monoisotopic (exact) mass is 203 g/mol. The number of nitrogens with zero attached hydrogens (tertiary/aromatic N) is 1. The molecule has 14 heavy (non-hydrogen) atoms. The van der Waals surface area contributed by atoms with Crippen molar-refractivity contribution in [3.8, 4) is 0 Å². The minimum absolute atomic E-state index is 0.0200. The molecular weight excluding hydrogens is 182 g/mol. The quantitative estimate of drug-likeness (QED) is 0.575. The van der Waals surface area contributed by atoms with Crippen LogP contribution in [0.5, 0.6) is 0 Å². The van der Waals surface area contributed by atoms with Crippen molar-refractivity contribution in [1.29, 1.82) is 0 Å². The highest BCUT2D eigenvalue weighted by Crippen LogP contribution is 2.23. The summed E-state index contributed by atoms with van der Waals surface area (Å²) in [6, 6.07) is -0.0200. The zero-order chi connectivity index (χ0) is 10.7. The Morgan fingerprint density at radius 2 is 2.00 bits per heavy atom. The summed E-state index contributed by atoms with van der Waals surface area (Å²) < 4.78 is 0. The second kappa shape index (κ2) is 5.07. The molecular formula is C10H21NO3. The van der Waals surface area contributed by atoms with Crippen molar-refractivity contribution >= 4 is 0 Å². The van der Waals surface area contributed by atoms with E-state index in [-0.39, 0.29) is 18.6 Å². The van der Waals surface area contributed by atoms with Gasteiger partial charge in [0.25, 0.3) is 0 Å². The van der Waals surface area contributed by atoms with Gasteiger partial charge in [0.05, 0.1) is 18.8 Å². The number of likely N-dealkylation sites (tertiary alicyclic amines) is 1. The molecule has 0 saturated carbocycles. The van der Waals surface area contributed by atoms with Gasteiger partial charge in [-0.15, -0.1) is 0 Å². The first-order valence-electron chi connectivity index (χ1n) is 5.32. The molecule has 3 N–H and O–H groups in total. The fourth-order valence-corrected chi connectivity index (χ4v) is 2.22. The Kier molecular flexibility index (Phi) is 4.31. The van der Waals surface area contributed by atoms with Crippen molar-refractivity contribution in [3.05, 3.63) is 0 Å². The van der Waals surface area contributed by atoms with Crippen LogP contribution >= 0.6 is 0 Å². The molecule has 0 aromatic heterocycles. The van der Waals surface area contributed by atoms with E-state index in [1.165, 1.54) is 0 Å². The molecule has 0 aromatic carbocycles. The van der Waals surface area contributed by atoms with Crippen molar-refractivity contribution in [2.45, 2.75) is 38.5 Å². The Bertz CT molecular complexity index is 177. The zero-order valence-corrected chi connectivity index (χ0v) is 8.93. The van der Waals surface area contributed by atoms with E-state index in [2.05, 4.69) is 11.8 Å². The van der Waals surface area contributed by atoms with Gasteiger partial charge in [0.2, 0.25) is 0 Å². The highest BCUT2D eigenvalue weighted by atomic mass is 16.3. The molecule has 0 spiro atoms. The number of β-amino-alcohol motifs (C(OH)–C–C–N with tert-alkyl or cyclic N) is 1. The van der Waals surface area contributed by atoms with Crippen molar-refractivity contribution in [2.75, 3.05) is 19.7 Å². The Hall–Kier alpha value is -0.160. The third kappa shape index (κ3) is 2.25. The lowest BCUT2D eigenvalue weighted by Crippen LogP contribution is -2.58. The first-order chi connectivity index (χ1) is 6.61. The van der Waals surface area contributed by atoms with Crippen LogP contribution in [0.15, 0.2) is 0 Å². The minimum atomic E-state index is -0.708. The Balaban J connectivity index is 2.66. The molecule has 1 rings (SSSR count). The van der Waals surface area contributed by atoms with Crippen LogP contribution in [-0.4, -0.2) is 58.2 Å². The molecule has 0 aliphatic carbocycles. The Morgan fingerprint density at radius 1 is 1.36 bits per heavy atom. The van der Waals surface area contributed by atoms with Crippen LogP contribution < -0.4 is 0 Å². The molecule has 1 fully saturated rings. The van der Waals surface area contributed by atoms with Crippen molar-refractivity contribution in [3.63, 3.8) is 0 Å². The fourth-order valence-electron chi connectivity index (χ4n) is 2.22. The van der Waals surface area contributed by atoms with Crippen molar-refractivity contribution in [1.82, 2.24) is 4.90 Å². The van der Waals surface area contributed by atoms with Crippen molar-refractivity contribution in [2.24, 2.45) is 5.92 Å². The van der Waals surface area contributed by atoms with Gasteiger partial charge in [-0.1, -0.05) is 13.8 Å². The van der Waals surface area contributed by atoms with E-state index in [9.17, 15) is 15.3 Å². The molecule has 1 heterocycles. The van der Waals surface area contributed by atoms with Gasteiger partial charge >= 0.3 is 0 Å². The van der Waals surface area contributed by atoms with Gasteiger partial charge in [0.15, 0.2) is 0 Å². The third-order valence-corrected chi connectivity index (χ3v) is 3.13. The Labute approximate surface area is 85.2 Å². The molecule has 4 heteroatoms. The number of hydrogen-bond donors (Lipinski definition) is 3. The number of hydrogen-bond acceptors (Lipinski definition) is 4. The molecule has 1 unspecified atom stereocenters. The fraction of sp³-hybridized carbons (Fsp3) is 1.00. The normalized spacial score (nSPS) is 40.1. The number of aliphatic hydroxyl groups is 3. The molecule has 84 valence electrons. The summed E-state index contributed by atoms with van der Waals surface area (Å²) in [5, 5.41) is 28.5. The Morgan fingerprint density at radius 3 is 2.50 bits per heavy atom. The smallest absolute Gasteiger partial charge is 0.0928 e. The van der Waals surface area contributed by atoms with Gasteiger partial charge in [-0.3, -0.25) is 4.90 Å². The van der Waals surface area contributed by atoms with Gasteiger partial charge in [-0.05, 0) is 13.0 Å². The van der Waals surface area contributed by atoms with E-state index >= 15 is 0 Å². The highest BCUT2D eigenvalue weighted by molar-refractivity contribution is 4.91. The highest BCUT2D eigenvalue weighted by Gasteiger charge is 2.38. The molecule has 0 aromatic rings. The predicted octanol–water partition coefficient (Wildman–Crippen LogP) is -0.569. The van der Waals surface area contributed by atoms with Crippen LogP contribution in [0.2, 0.25) is 0 Å². The minimum Gasteiger partial charge on any atom is -0.395 e. The average molecular weight is 203 g/mol. The molecule has 0 radical (unpaired) electrons. The van der Waals surface area contributed by atoms with Gasteiger partial charge in [-0.25, -0.2) is 0 Å². The van der Waals surface area contributed by atoms with Crippen LogP contribution in [0.25, 0.3) is 0 Å². The molecule has 0 bridgehead atoms. The summed E-state index contributed by atoms with van der Waals surface area (Å²) in [4.78, 5) is 2.06. The second-order valence-electron chi connectivity index (χ2n) is 4.16. The number of aliphatic hydroxyl groups excluding tert-OH is 3. The zero-order valence-electron chi connectivity index (χ0n) is 8.93. The third-order valence-electron chi connectivity index (χ3n) is 3.13. The lowest BCUT2D eigenvalue weighted by molar-refractivity contribution is -0.105. The van der Waals surface area contributed by atoms with Crippen molar-refractivity contribution < 1.29 is 15.3 Å². The van der Waals surface area contributed by atoms with Crippen LogP contribution in [0.1, 0.15) is 20.3 Å². The molecule has 4 atom stereocenters. The molecule has 4 nitrogen and oxygen atoms in total.